The molecule has 0 amide bonds. The second-order valence-corrected chi connectivity index (χ2v) is 6.46. The topological polar surface area (TPSA) is 79.5 Å². The van der Waals surface area contributed by atoms with Crippen LogP contribution in [0.5, 0.6) is 0 Å². The van der Waals surface area contributed by atoms with Gasteiger partial charge in [-0.3, -0.25) is 4.72 Å². The molecule has 0 saturated heterocycles. The summed E-state index contributed by atoms with van der Waals surface area (Å²) in [7, 11) is -3.79. The van der Waals surface area contributed by atoms with Crippen molar-refractivity contribution in [2.75, 3.05) is 4.72 Å². The van der Waals surface area contributed by atoms with E-state index in [2.05, 4.69) is 4.72 Å². The molecule has 1 aromatic heterocycles. The number of rotatable bonds is 5. The third-order valence-corrected chi connectivity index (χ3v) is 4.94. The van der Waals surface area contributed by atoms with Crippen LogP contribution in [0.2, 0.25) is 0 Å². The first kappa shape index (κ1) is 15.6. The SMILES string of the molecule is CCc1ccc(NS(=O)(=O)c2c(C)oc(C)c2CO)cc1. The lowest BCUT2D eigenvalue weighted by molar-refractivity contribution is 0.276. The molecule has 0 bridgehead atoms. The molecule has 2 N–H and O–H groups in total. The van der Waals surface area contributed by atoms with E-state index >= 15 is 0 Å². The van der Waals surface area contributed by atoms with E-state index in [1.54, 1.807) is 26.0 Å². The van der Waals surface area contributed by atoms with Crippen molar-refractivity contribution in [1.29, 1.82) is 0 Å². The zero-order valence-electron chi connectivity index (χ0n) is 12.3. The van der Waals surface area contributed by atoms with Gasteiger partial charge < -0.3 is 9.52 Å². The van der Waals surface area contributed by atoms with Gasteiger partial charge in [0.05, 0.1) is 6.61 Å². The fourth-order valence-corrected chi connectivity index (χ4v) is 3.76. The third kappa shape index (κ3) is 3.11. The Kier molecular flexibility index (Phi) is 4.39. The molecule has 0 saturated carbocycles. The number of nitrogens with one attached hydrogen (secondary N) is 1. The van der Waals surface area contributed by atoms with E-state index in [-0.39, 0.29) is 17.3 Å². The predicted molar refractivity (Wildman–Crippen MR) is 80.7 cm³/mol. The number of benzene rings is 1. The summed E-state index contributed by atoms with van der Waals surface area (Å²) in [6.45, 7) is 4.85. The van der Waals surface area contributed by atoms with E-state index in [0.717, 1.165) is 12.0 Å². The predicted octanol–water partition coefficient (Wildman–Crippen LogP) is 2.75. The van der Waals surface area contributed by atoms with Crippen molar-refractivity contribution in [1.82, 2.24) is 0 Å². The maximum atomic E-state index is 12.5. The average Bonchev–Trinajstić information content (AvgIpc) is 2.73. The van der Waals surface area contributed by atoms with Crippen LogP contribution in [0, 0.1) is 13.8 Å². The van der Waals surface area contributed by atoms with E-state index < -0.39 is 10.0 Å². The number of anilines is 1. The molecule has 0 spiro atoms. The Hall–Kier alpha value is -1.79. The molecule has 5 nitrogen and oxygen atoms in total. The van der Waals surface area contributed by atoms with Gasteiger partial charge >= 0.3 is 0 Å². The summed E-state index contributed by atoms with van der Waals surface area (Å²) in [6, 6.07) is 7.19. The molecule has 0 radical (unpaired) electrons. The van der Waals surface area contributed by atoms with Gasteiger partial charge in [-0.1, -0.05) is 19.1 Å². The van der Waals surface area contributed by atoms with Gasteiger partial charge in [0.15, 0.2) is 0 Å². The molecule has 0 fully saturated rings. The van der Waals surface area contributed by atoms with E-state index in [9.17, 15) is 13.5 Å². The van der Waals surface area contributed by atoms with E-state index in [0.29, 0.717) is 17.0 Å². The van der Waals surface area contributed by atoms with E-state index in [1.807, 2.05) is 19.1 Å². The molecule has 1 heterocycles. The zero-order valence-corrected chi connectivity index (χ0v) is 13.1. The monoisotopic (exact) mass is 309 g/mol. The average molecular weight is 309 g/mol. The molecule has 21 heavy (non-hydrogen) atoms. The molecule has 0 atom stereocenters. The number of hydrogen-bond donors (Lipinski definition) is 2. The first-order valence-corrected chi connectivity index (χ1v) is 8.18. The number of furan rings is 1. The number of sulfonamides is 1. The van der Waals surface area contributed by atoms with Crippen molar-refractivity contribution in [2.24, 2.45) is 0 Å². The minimum absolute atomic E-state index is 0.0158. The van der Waals surface area contributed by atoms with Gasteiger partial charge in [0.1, 0.15) is 16.4 Å². The quantitative estimate of drug-likeness (QED) is 0.890. The van der Waals surface area contributed by atoms with Crippen molar-refractivity contribution in [3.8, 4) is 0 Å². The Bertz CT molecular complexity index is 730. The second kappa shape index (κ2) is 5.91. The van der Waals surface area contributed by atoms with Crippen LogP contribution in [0.4, 0.5) is 5.69 Å². The van der Waals surface area contributed by atoms with Crippen LogP contribution in [0.15, 0.2) is 33.6 Å². The Morgan fingerprint density at radius 3 is 2.29 bits per heavy atom. The Labute approximate surface area is 124 Å². The molecule has 1 aromatic carbocycles. The molecule has 2 aromatic rings. The Morgan fingerprint density at radius 2 is 1.76 bits per heavy atom. The normalized spacial score (nSPS) is 11.6. The molecule has 0 aliphatic rings. The van der Waals surface area contributed by atoms with Gasteiger partial charge in [-0.25, -0.2) is 8.42 Å². The summed E-state index contributed by atoms with van der Waals surface area (Å²) in [5.41, 5.74) is 1.91. The van der Waals surface area contributed by atoms with Crippen LogP contribution >= 0.6 is 0 Å². The molecule has 6 heteroatoms. The molecule has 2 rings (SSSR count). The molecular formula is C15H19NO4S. The smallest absolute Gasteiger partial charge is 0.265 e. The van der Waals surface area contributed by atoms with Gasteiger partial charge in [0, 0.05) is 11.3 Å². The maximum absolute atomic E-state index is 12.5. The third-order valence-electron chi connectivity index (χ3n) is 3.37. The summed E-state index contributed by atoms with van der Waals surface area (Å²) < 4.78 is 32.8. The van der Waals surface area contributed by atoms with Crippen LogP contribution in [0.25, 0.3) is 0 Å². The van der Waals surface area contributed by atoms with Crippen molar-refractivity contribution in [2.45, 2.75) is 38.7 Å². The molecule has 0 unspecified atom stereocenters. The van der Waals surface area contributed by atoms with E-state index in [4.69, 9.17) is 4.42 Å². The van der Waals surface area contributed by atoms with Crippen molar-refractivity contribution < 1.29 is 17.9 Å². The van der Waals surface area contributed by atoms with Crippen LogP contribution in [0.1, 0.15) is 29.6 Å². The fraction of sp³-hybridized carbons (Fsp3) is 0.333. The van der Waals surface area contributed by atoms with Gasteiger partial charge in [-0.15, -0.1) is 0 Å². The van der Waals surface area contributed by atoms with Gasteiger partial charge in [-0.2, -0.15) is 0 Å². The lowest BCUT2D eigenvalue weighted by atomic mass is 10.2. The largest absolute Gasteiger partial charge is 0.465 e. The summed E-state index contributed by atoms with van der Waals surface area (Å²) >= 11 is 0. The van der Waals surface area contributed by atoms with Crippen molar-refractivity contribution in [3.05, 3.63) is 46.9 Å². The first-order valence-electron chi connectivity index (χ1n) is 6.70. The molecule has 114 valence electrons. The minimum atomic E-state index is -3.79. The Morgan fingerprint density at radius 1 is 1.14 bits per heavy atom. The lowest BCUT2D eigenvalue weighted by Crippen LogP contribution is -2.15. The van der Waals surface area contributed by atoms with Gasteiger partial charge in [0.2, 0.25) is 0 Å². The highest BCUT2D eigenvalue weighted by atomic mass is 32.2. The van der Waals surface area contributed by atoms with E-state index in [1.165, 1.54) is 0 Å². The molecule has 0 aliphatic heterocycles. The zero-order chi connectivity index (χ0) is 15.6. The maximum Gasteiger partial charge on any atom is 0.265 e. The molecule has 0 aliphatic carbocycles. The summed E-state index contributed by atoms with van der Waals surface area (Å²) in [4.78, 5) is 0.0158. The van der Waals surface area contributed by atoms with Gasteiger partial charge in [-0.05, 0) is 38.0 Å². The second-order valence-electron chi connectivity index (χ2n) is 4.84. The van der Waals surface area contributed by atoms with Crippen molar-refractivity contribution >= 4 is 15.7 Å². The summed E-state index contributed by atoms with van der Waals surface area (Å²) in [5.74, 6) is 0.686. The highest BCUT2D eigenvalue weighted by molar-refractivity contribution is 7.92. The highest BCUT2D eigenvalue weighted by Gasteiger charge is 2.26. The first-order chi connectivity index (χ1) is 9.89. The standard InChI is InChI=1S/C15H19NO4S/c1-4-12-5-7-13(8-6-12)16-21(18,19)15-11(3)20-10(2)14(15)9-17/h5-8,16-17H,4,9H2,1-3H3. The number of aliphatic hydroxyl groups is 1. The number of aryl methyl sites for hydroxylation is 3. The number of aliphatic hydroxyl groups excluding tert-OH is 1. The van der Waals surface area contributed by atoms with Crippen LogP contribution in [-0.4, -0.2) is 13.5 Å². The highest BCUT2D eigenvalue weighted by Crippen LogP contribution is 2.28. The van der Waals surface area contributed by atoms with Crippen LogP contribution in [0.3, 0.4) is 0 Å². The fourth-order valence-electron chi connectivity index (χ4n) is 2.26. The molecular weight excluding hydrogens is 290 g/mol. The Balaban J connectivity index is 2.38. The van der Waals surface area contributed by atoms with Crippen LogP contribution in [-0.2, 0) is 23.1 Å². The lowest BCUT2D eigenvalue weighted by Gasteiger charge is -2.09. The number of hydrogen-bond acceptors (Lipinski definition) is 4. The summed E-state index contributed by atoms with van der Waals surface area (Å²) in [6.07, 6.45) is 0.891. The summed E-state index contributed by atoms with van der Waals surface area (Å²) in [5, 5.41) is 9.36. The van der Waals surface area contributed by atoms with Crippen LogP contribution < -0.4 is 4.72 Å². The minimum Gasteiger partial charge on any atom is -0.465 e. The van der Waals surface area contributed by atoms with Crippen molar-refractivity contribution in [3.63, 3.8) is 0 Å². The van der Waals surface area contributed by atoms with Gasteiger partial charge in [0.25, 0.3) is 10.0 Å².